The minimum atomic E-state index is 0.742. The SMILES string of the molecule is C=C/C=C(\C=C)C1CCC(C)CC1. The van der Waals surface area contributed by atoms with Crippen LogP contribution in [0.15, 0.2) is 37.0 Å². The molecule has 1 saturated carbocycles. The zero-order valence-corrected chi connectivity index (χ0v) is 8.63. The van der Waals surface area contributed by atoms with E-state index in [4.69, 9.17) is 0 Å². The number of hydrogen-bond donors (Lipinski definition) is 0. The van der Waals surface area contributed by atoms with E-state index in [2.05, 4.69) is 26.2 Å². The first kappa shape index (κ1) is 10.3. The van der Waals surface area contributed by atoms with Gasteiger partial charge in [0.2, 0.25) is 0 Å². The van der Waals surface area contributed by atoms with Gasteiger partial charge in [-0.1, -0.05) is 51.2 Å². The van der Waals surface area contributed by atoms with Crippen LogP contribution < -0.4 is 0 Å². The van der Waals surface area contributed by atoms with Crippen LogP contribution in [0, 0.1) is 11.8 Å². The van der Waals surface area contributed by atoms with Crippen LogP contribution in [0.4, 0.5) is 0 Å². The van der Waals surface area contributed by atoms with E-state index in [0.29, 0.717) is 0 Å². The third kappa shape index (κ3) is 2.87. The van der Waals surface area contributed by atoms with Gasteiger partial charge in [0, 0.05) is 0 Å². The Morgan fingerprint density at radius 3 is 2.23 bits per heavy atom. The van der Waals surface area contributed by atoms with Crippen LogP contribution in [0.5, 0.6) is 0 Å². The summed E-state index contributed by atoms with van der Waals surface area (Å²) in [6.45, 7) is 9.94. The second-order valence-electron chi connectivity index (χ2n) is 4.06. The molecule has 1 fully saturated rings. The maximum atomic E-state index is 3.86. The molecule has 0 radical (unpaired) electrons. The van der Waals surface area contributed by atoms with E-state index in [9.17, 15) is 0 Å². The molecule has 0 heterocycles. The predicted molar refractivity (Wildman–Crippen MR) is 59.6 cm³/mol. The lowest BCUT2D eigenvalue weighted by Crippen LogP contribution is -2.13. The quantitative estimate of drug-likeness (QED) is 0.568. The van der Waals surface area contributed by atoms with Gasteiger partial charge in [-0.3, -0.25) is 0 Å². The highest BCUT2D eigenvalue weighted by Crippen LogP contribution is 2.33. The summed E-state index contributed by atoms with van der Waals surface area (Å²) in [5.74, 6) is 1.66. The van der Waals surface area contributed by atoms with Gasteiger partial charge in [0.1, 0.15) is 0 Å². The molecule has 0 aromatic rings. The summed E-state index contributed by atoms with van der Waals surface area (Å²) in [6.07, 6.45) is 11.4. The largest absolute Gasteiger partial charge is 0.0991 e. The van der Waals surface area contributed by atoms with E-state index in [0.717, 1.165) is 11.8 Å². The van der Waals surface area contributed by atoms with E-state index in [1.54, 1.807) is 0 Å². The van der Waals surface area contributed by atoms with Crippen molar-refractivity contribution < 1.29 is 0 Å². The zero-order valence-electron chi connectivity index (χ0n) is 8.63. The summed E-state index contributed by atoms with van der Waals surface area (Å²) in [4.78, 5) is 0. The highest BCUT2D eigenvalue weighted by Gasteiger charge is 2.19. The minimum Gasteiger partial charge on any atom is -0.0991 e. The molecule has 0 aromatic carbocycles. The first-order valence-corrected chi connectivity index (χ1v) is 5.23. The van der Waals surface area contributed by atoms with Gasteiger partial charge in [-0.2, -0.15) is 0 Å². The third-order valence-corrected chi connectivity index (χ3v) is 3.03. The van der Waals surface area contributed by atoms with Crippen molar-refractivity contribution in [2.24, 2.45) is 11.8 Å². The van der Waals surface area contributed by atoms with Crippen molar-refractivity contribution in [3.8, 4) is 0 Å². The molecule has 0 nitrogen and oxygen atoms in total. The number of allylic oxidation sites excluding steroid dienone is 4. The van der Waals surface area contributed by atoms with Crippen molar-refractivity contribution in [3.05, 3.63) is 37.0 Å². The lowest BCUT2D eigenvalue weighted by atomic mass is 9.79. The topological polar surface area (TPSA) is 0 Å². The van der Waals surface area contributed by atoms with E-state index < -0.39 is 0 Å². The Balaban J connectivity index is 2.56. The molecule has 72 valence electrons. The Morgan fingerprint density at radius 2 is 1.77 bits per heavy atom. The van der Waals surface area contributed by atoms with Crippen molar-refractivity contribution in [2.45, 2.75) is 32.6 Å². The van der Waals surface area contributed by atoms with Crippen molar-refractivity contribution in [1.82, 2.24) is 0 Å². The summed E-state index contributed by atoms with van der Waals surface area (Å²) in [5.41, 5.74) is 1.38. The second-order valence-corrected chi connectivity index (χ2v) is 4.06. The first-order valence-electron chi connectivity index (χ1n) is 5.23. The van der Waals surface area contributed by atoms with Gasteiger partial charge in [-0.05, 0) is 30.3 Å². The summed E-state index contributed by atoms with van der Waals surface area (Å²) in [6, 6.07) is 0. The fourth-order valence-electron chi connectivity index (χ4n) is 2.10. The van der Waals surface area contributed by atoms with Crippen molar-refractivity contribution in [1.29, 1.82) is 0 Å². The van der Waals surface area contributed by atoms with Gasteiger partial charge in [-0.25, -0.2) is 0 Å². The maximum Gasteiger partial charge on any atom is -0.0162 e. The normalized spacial score (nSPS) is 29.8. The number of hydrogen-bond acceptors (Lipinski definition) is 0. The Morgan fingerprint density at radius 1 is 1.15 bits per heavy atom. The van der Waals surface area contributed by atoms with Crippen LogP contribution in [0.3, 0.4) is 0 Å². The van der Waals surface area contributed by atoms with Crippen molar-refractivity contribution in [3.63, 3.8) is 0 Å². The van der Waals surface area contributed by atoms with Crippen LogP contribution >= 0.6 is 0 Å². The van der Waals surface area contributed by atoms with Crippen LogP contribution in [-0.2, 0) is 0 Å². The fraction of sp³-hybridized carbons (Fsp3) is 0.538. The second kappa shape index (κ2) is 5.06. The standard InChI is InChI=1S/C13H20/c1-4-6-12(5-2)13-9-7-11(3)8-10-13/h4-6,11,13H,1-2,7-10H2,3H3/b12-6+. The molecule has 0 saturated heterocycles. The molecule has 0 N–H and O–H groups in total. The molecule has 0 bridgehead atoms. The van der Waals surface area contributed by atoms with Gasteiger partial charge >= 0.3 is 0 Å². The maximum absolute atomic E-state index is 3.86. The van der Waals surface area contributed by atoms with Crippen LogP contribution in [0.25, 0.3) is 0 Å². The van der Waals surface area contributed by atoms with Crippen molar-refractivity contribution in [2.75, 3.05) is 0 Å². The molecule has 1 aliphatic rings. The lowest BCUT2D eigenvalue weighted by molar-refractivity contribution is 0.323. The van der Waals surface area contributed by atoms with Crippen LogP contribution in [0.2, 0.25) is 0 Å². The Labute approximate surface area is 82.0 Å². The summed E-state index contributed by atoms with van der Waals surface area (Å²) >= 11 is 0. The molecular weight excluding hydrogens is 156 g/mol. The molecule has 13 heavy (non-hydrogen) atoms. The molecule has 0 spiro atoms. The molecule has 0 amide bonds. The van der Waals surface area contributed by atoms with E-state index in [1.165, 1.54) is 31.3 Å². The van der Waals surface area contributed by atoms with Gasteiger partial charge in [0.05, 0.1) is 0 Å². The highest BCUT2D eigenvalue weighted by atomic mass is 14.2. The van der Waals surface area contributed by atoms with Gasteiger partial charge in [-0.15, -0.1) is 0 Å². The average Bonchev–Trinajstić information content (AvgIpc) is 2.16. The van der Waals surface area contributed by atoms with E-state index in [-0.39, 0.29) is 0 Å². The van der Waals surface area contributed by atoms with Crippen LogP contribution in [-0.4, -0.2) is 0 Å². The number of rotatable bonds is 3. The molecule has 0 atom stereocenters. The van der Waals surface area contributed by atoms with E-state index >= 15 is 0 Å². The van der Waals surface area contributed by atoms with Gasteiger partial charge < -0.3 is 0 Å². The third-order valence-electron chi connectivity index (χ3n) is 3.03. The Bertz CT molecular complexity index is 202. The highest BCUT2D eigenvalue weighted by molar-refractivity contribution is 5.24. The van der Waals surface area contributed by atoms with Gasteiger partial charge in [0.25, 0.3) is 0 Å². The lowest BCUT2D eigenvalue weighted by Gasteiger charge is -2.26. The predicted octanol–water partition coefficient (Wildman–Crippen LogP) is 4.11. The van der Waals surface area contributed by atoms with Gasteiger partial charge in [0.15, 0.2) is 0 Å². The Kier molecular flexibility index (Phi) is 4.01. The molecule has 0 aliphatic heterocycles. The molecule has 1 rings (SSSR count). The fourth-order valence-corrected chi connectivity index (χ4v) is 2.10. The molecular formula is C13H20. The monoisotopic (exact) mass is 176 g/mol. The molecule has 0 heteroatoms. The molecule has 0 unspecified atom stereocenters. The average molecular weight is 176 g/mol. The summed E-state index contributed by atoms with van der Waals surface area (Å²) in [7, 11) is 0. The zero-order chi connectivity index (χ0) is 9.68. The van der Waals surface area contributed by atoms with E-state index in [1.807, 2.05) is 12.2 Å². The summed E-state index contributed by atoms with van der Waals surface area (Å²) < 4.78 is 0. The molecule has 1 aliphatic carbocycles. The van der Waals surface area contributed by atoms with Crippen LogP contribution in [0.1, 0.15) is 32.6 Å². The van der Waals surface area contributed by atoms with Crippen molar-refractivity contribution >= 4 is 0 Å². The Hall–Kier alpha value is -0.780. The minimum absolute atomic E-state index is 0.742. The molecule has 0 aromatic heterocycles. The summed E-state index contributed by atoms with van der Waals surface area (Å²) in [5, 5.41) is 0. The smallest absolute Gasteiger partial charge is 0.0162 e. The first-order chi connectivity index (χ1) is 6.27.